The number of nitriles is 3. The molecule has 3 aromatic carbocycles. The second-order valence-electron chi connectivity index (χ2n) is 6.41. The van der Waals surface area contributed by atoms with Gasteiger partial charge in [0.05, 0.1) is 11.3 Å². The van der Waals surface area contributed by atoms with Gasteiger partial charge in [-0.2, -0.15) is 29.0 Å². The van der Waals surface area contributed by atoms with Crippen LogP contribution in [0.25, 0.3) is 11.1 Å². The highest BCUT2D eigenvalue weighted by Gasteiger charge is 2.31. The van der Waals surface area contributed by atoms with Gasteiger partial charge in [0.15, 0.2) is 11.3 Å². The number of ether oxygens (including phenoxy) is 1. The number of hydrogen-bond acceptors (Lipinski definition) is 5. The standard InChI is InChI=1S/C24H13F3N4O/c25-24(26,27)19-8-11-23(21(12-19)31-22(15-30)18(13-28)14-29)32-20-9-6-17(7-10-20)16-4-2-1-3-5-16/h1-12,31H. The molecule has 5 nitrogen and oxygen atoms in total. The maximum absolute atomic E-state index is 13.2. The summed E-state index contributed by atoms with van der Waals surface area (Å²) in [6.07, 6.45) is -4.64. The lowest BCUT2D eigenvalue weighted by atomic mass is 10.1. The first-order chi connectivity index (χ1) is 15.4. The van der Waals surface area contributed by atoms with Crippen LogP contribution in [0.15, 0.2) is 84.1 Å². The first-order valence-corrected chi connectivity index (χ1v) is 9.12. The summed E-state index contributed by atoms with van der Waals surface area (Å²) in [5, 5.41) is 29.6. The molecule has 0 aliphatic rings. The van der Waals surface area contributed by atoms with Crippen molar-refractivity contribution in [2.45, 2.75) is 6.18 Å². The molecular weight excluding hydrogens is 417 g/mol. The molecular formula is C24H13F3N4O. The van der Waals surface area contributed by atoms with Gasteiger partial charge in [-0.15, -0.1) is 0 Å². The van der Waals surface area contributed by atoms with E-state index in [0.29, 0.717) is 5.75 Å². The number of rotatable bonds is 5. The Morgan fingerprint density at radius 1 is 0.781 bits per heavy atom. The fraction of sp³-hybridized carbons (Fsp3) is 0.0417. The Labute approximate surface area is 181 Å². The quantitative estimate of drug-likeness (QED) is 0.473. The van der Waals surface area contributed by atoms with E-state index in [1.165, 1.54) is 12.1 Å². The second kappa shape index (κ2) is 9.38. The lowest BCUT2D eigenvalue weighted by molar-refractivity contribution is -0.137. The van der Waals surface area contributed by atoms with Crippen LogP contribution in [0, 0.1) is 34.0 Å². The van der Waals surface area contributed by atoms with Crippen molar-refractivity contribution in [2.75, 3.05) is 5.32 Å². The normalized spacial score (nSPS) is 10.2. The molecule has 156 valence electrons. The molecule has 8 heteroatoms. The highest BCUT2D eigenvalue weighted by molar-refractivity contribution is 5.67. The minimum absolute atomic E-state index is 0.0200. The molecule has 0 amide bonds. The lowest BCUT2D eigenvalue weighted by Gasteiger charge is -2.15. The topological polar surface area (TPSA) is 92.6 Å². The Morgan fingerprint density at radius 2 is 1.41 bits per heavy atom. The number of nitrogens with one attached hydrogen (secondary N) is 1. The summed E-state index contributed by atoms with van der Waals surface area (Å²) >= 11 is 0. The highest BCUT2D eigenvalue weighted by atomic mass is 19.4. The SMILES string of the molecule is N#CC(C#N)=C(C#N)Nc1cc(C(F)(F)F)ccc1Oc1ccc(-c2ccccc2)cc1. The van der Waals surface area contributed by atoms with E-state index in [1.54, 1.807) is 30.3 Å². The molecule has 0 aliphatic heterocycles. The summed E-state index contributed by atoms with van der Waals surface area (Å²) in [5.74, 6) is 0.323. The molecule has 0 atom stereocenters. The number of alkyl halides is 3. The monoisotopic (exact) mass is 430 g/mol. The molecule has 0 bridgehead atoms. The number of hydrogen-bond donors (Lipinski definition) is 1. The van der Waals surface area contributed by atoms with Gasteiger partial charge in [0.1, 0.15) is 29.7 Å². The van der Waals surface area contributed by atoms with Gasteiger partial charge in [0, 0.05) is 0 Å². The van der Waals surface area contributed by atoms with Gasteiger partial charge in [-0.3, -0.25) is 0 Å². The first kappa shape index (κ1) is 22.0. The van der Waals surface area contributed by atoms with Crippen molar-refractivity contribution in [3.8, 4) is 40.8 Å². The fourth-order valence-electron chi connectivity index (χ4n) is 2.78. The molecule has 0 unspecified atom stereocenters. The molecule has 32 heavy (non-hydrogen) atoms. The van der Waals surface area contributed by atoms with Crippen molar-refractivity contribution in [3.05, 3.63) is 89.6 Å². The Hall–Kier alpha value is -4.74. The van der Waals surface area contributed by atoms with E-state index < -0.39 is 23.0 Å². The molecule has 3 rings (SSSR count). The third kappa shape index (κ3) is 5.05. The molecule has 0 heterocycles. The first-order valence-electron chi connectivity index (χ1n) is 9.12. The van der Waals surface area contributed by atoms with Crippen LogP contribution < -0.4 is 10.1 Å². The lowest BCUT2D eigenvalue weighted by Crippen LogP contribution is -2.08. The van der Waals surface area contributed by atoms with Gasteiger partial charge in [0.25, 0.3) is 0 Å². The Bertz CT molecular complexity index is 1260. The highest BCUT2D eigenvalue weighted by Crippen LogP contribution is 2.37. The van der Waals surface area contributed by atoms with E-state index in [2.05, 4.69) is 5.32 Å². The molecule has 0 radical (unpaired) electrons. The molecule has 0 aliphatic carbocycles. The van der Waals surface area contributed by atoms with Gasteiger partial charge in [-0.05, 0) is 41.5 Å². The van der Waals surface area contributed by atoms with E-state index in [4.69, 9.17) is 15.3 Å². The summed E-state index contributed by atoms with van der Waals surface area (Å²) in [4.78, 5) is 0. The van der Waals surface area contributed by atoms with Crippen molar-refractivity contribution in [3.63, 3.8) is 0 Å². The molecule has 3 aromatic rings. The van der Waals surface area contributed by atoms with Crippen molar-refractivity contribution >= 4 is 5.69 Å². The van der Waals surface area contributed by atoms with Crippen LogP contribution in [0.5, 0.6) is 11.5 Å². The van der Waals surface area contributed by atoms with E-state index in [9.17, 15) is 18.4 Å². The van der Waals surface area contributed by atoms with Crippen LogP contribution in [0.1, 0.15) is 5.56 Å². The van der Waals surface area contributed by atoms with E-state index in [-0.39, 0.29) is 11.4 Å². The van der Waals surface area contributed by atoms with Gasteiger partial charge in [0.2, 0.25) is 0 Å². The third-order valence-corrected chi connectivity index (χ3v) is 4.34. The van der Waals surface area contributed by atoms with Crippen LogP contribution in [0.2, 0.25) is 0 Å². The van der Waals surface area contributed by atoms with Crippen LogP contribution in [-0.2, 0) is 6.18 Å². The maximum atomic E-state index is 13.2. The van der Waals surface area contributed by atoms with E-state index >= 15 is 0 Å². The summed E-state index contributed by atoms with van der Waals surface area (Å²) < 4.78 is 45.3. The Morgan fingerprint density at radius 3 is 1.97 bits per heavy atom. The number of allylic oxidation sites excluding steroid dienone is 2. The number of benzene rings is 3. The predicted molar refractivity (Wildman–Crippen MR) is 111 cm³/mol. The molecule has 0 saturated carbocycles. The number of anilines is 1. The van der Waals surface area contributed by atoms with Crippen molar-refractivity contribution in [2.24, 2.45) is 0 Å². The van der Waals surface area contributed by atoms with Gasteiger partial charge in [-0.25, -0.2) is 0 Å². The summed E-state index contributed by atoms with van der Waals surface area (Å²) in [6.45, 7) is 0. The Balaban J connectivity index is 1.97. The smallest absolute Gasteiger partial charge is 0.416 e. The summed E-state index contributed by atoms with van der Waals surface area (Å²) in [6, 6.07) is 23.8. The zero-order valence-corrected chi connectivity index (χ0v) is 16.3. The number of nitrogens with zero attached hydrogens (tertiary/aromatic N) is 3. The molecule has 0 aromatic heterocycles. The van der Waals surface area contributed by atoms with Crippen molar-refractivity contribution in [1.29, 1.82) is 15.8 Å². The minimum atomic E-state index is -4.64. The van der Waals surface area contributed by atoms with Crippen molar-refractivity contribution < 1.29 is 17.9 Å². The largest absolute Gasteiger partial charge is 0.455 e. The van der Waals surface area contributed by atoms with Crippen LogP contribution in [0.3, 0.4) is 0 Å². The van der Waals surface area contributed by atoms with E-state index in [1.807, 2.05) is 30.3 Å². The average Bonchev–Trinajstić information content (AvgIpc) is 2.80. The second-order valence-corrected chi connectivity index (χ2v) is 6.41. The molecule has 0 fully saturated rings. The van der Waals surface area contributed by atoms with E-state index in [0.717, 1.165) is 29.3 Å². The van der Waals surface area contributed by atoms with Crippen molar-refractivity contribution in [1.82, 2.24) is 0 Å². The molecule has 0 saturated heterocycles. The van der Waals surface area contributed by atoms with Crippen LogP contribution in [0.4, 0.5) is 18.9 Å². The van der Waals surface area contributed by atoms with Crippen LogP contribution >= 0.6 is 0 Å². The predicted octanol–water partition coefficient (Wildman–Crippen LogP) is 6.40. The molecule has 1 N–H and O–H groups in total. The van der Waals surface area contributed by atoms with Crippen LogP contribution in [-0.4, -0.2) is 0 Å². The summed E-state index contributed by atoms with van der Waals surface area (Å²) in [7, 11) is 0. The van der Waals surface area contributed by atoms with Gasteiger partial charge >= 0.3 is 6.18 Å². The average molecular weight is 430 g/mol. The Kier molecular flexibility index (Phi) is 6.44. The minimum Gasteiger partial charge on any atom is -0.455 e. The third-order valence-electron chi connectivity index (χ3n) is 4.34. The maximum Gasteiger partial charge on any atom is 0.416 e. The van der Waals surface area contributed by atoms with Gasteiger partial charge in [-0.1, -0.05) is 42.5 Å². The zero-order chi connectivity index (χ0) is 23.1. The zero-order valence-electron chi connectivity index (χ0n) is 16.3. The molecule has 0 spiro atoms. The summed E-state index contributed by atoms with van der Waals surface area (Å²) in [5.41, 5.74) is -0.348. The fourth-order valence-corrected chi connectivity index (χ4v) is 2.78. The number of halogens is 3. The van der Waals surface area contributed by atoms with Gasteiger partial charge < -0.3 is 10.1 Å².